The molecule has 0 saturated carbocycles. The van der Waals surface area contributed by atoms with Crippen LogP contribution >= 0.6 is 11.3 Å². The highest BCUT2D eigenvalue weighted by atomic mass is 32.1. The Kier molecular flexibility index (Phi) is 5.63. The molecule has 0 atom stereocenters. The second kappa shape index (κ2) is 8.35. The van der Waals surface area contributed by atoms with Gasteiger partial charge in [-0.15, -0.1) is 11.3 Å². The van der Waals surface area contributed by atoms with Crippen molar-refractivity contribution in [3.63, 3.8) is 0 Å². The molecule has 0 radical (unpaired) electrons. The summed E-state index contributed by atoms with van der Waals surface area (Å²) in [5, 5.41) is 7.08. The zero-order chi connectivity index (χ0) is 21.3. The van der Waals surface area contributed by atoms with Crippen LogP contribution in [0.2, 0.25) is 0 Å². The number of esters is 1. The first kappa shape index (κ1) is 20.2. The number of fused-ring (bicyclic) bond motifs is 1. The van der Waals surface area contributed by atoms with E-state index in [1.807, 2.05) is 0 Å². The molecule has 0 fully saturated rings. The molecule has 2 heterocycles. The summed E-state index contributed by atoms with van der Waals surface area (Å²) in [5.74, 6) is -0.830. The van der Waals surface area contributed by atoms with E-state index >= 15 is 0 Å². The Morgan fingerprint density at radius 2 is 2.10 bits per heavy atom. The van der Waals surface area contributed by atoms with Crippen LogP contribution in [0.25, 0.3) is 11.4 Å². The van der Waals surface area contributed by atoms with Gasteiger partial charge in [0.2, 0.25) is 11.7 Å². The average molecular weight is 429 g/mol. The molecule has 3 aromatic rings. The van der Waals surface area contributed by atoms with Gasteiger partial charge in [0.25, 0.3) is 5.89 Å². The summed E-state index contributed by atoms with van der Waals surface area (Å²) in [6, 6.07) is 4.65. The number of rotatable bonds is 5. The van der Waals surface area contributed by atoms with Crippen molar-refractivity contribution in [2.24, 2.45) is 0 Å². The Morgan fingerprint density at radius 1 is 1.30 bits per heavy atom. The van der Waals surface area contributed by atoms with E-state index in [2.05, 4.69) is 15.5 Å². The van der Waals surface area contributed by atoms with Crippen LogP contribution < -0.4 is 5.32 Å². The van der Waals surface area contributed by atoms with Gasteiger partial charge in [0.05, 0.1) is 5.56 Å². The number of hydrogen-bond donors (Lipinski definition) is 1. The average Bonchev–Trinajstić information content (AvgIpc) is 3.32. The van der Waals surface area contributed by atoms with Gasteiger partial charge in [-0.25, -0.2) is 9.18 Å². The predicted molar refractivity (Wildman–Crippen MR) is 109 cm³/mol. The number of nitrogens with zero attached hydrogens (tertiary/aromatic N) is 2. The molecule has 4 rings (SSSR count). The van der Waals surface area contributed by atoms with Gasteiger partial charge in [-0.1, -0.05) is 17.3 Å². The Labute approximate surface area is 176 Å². The van der Waals surface area contributed by atoms with Crippen LogP contribution in [0.3, 0.4) is 0 Å². The monoisotopic (exact) mass is 429 g/mol. The summed E-state index contributed by atoms with van der Waals surface area (Å²) in [6.45, 7) is 2.85. The number of anilines is 1. The van der Waals surface area contributed by atoms with E-state index in [0.29, 0.717) is 21.7 Å². The second-order valence-electron chi connectivity index (χ2n) is 7.15. The molecule has 156 valence electrons. The maximum atomic E-state index is 13.8. The van der Waals surface area contributed by atoms with Gasteiger partial charge in [0.1, 0.15) is 10.8 Å². The molecule has 9 heteroatoms. The number of amides is 1. The smallest absolute Gasteiger partial charge is 0.341 e. The highest BCUT2D eigenvalue weighted by Crippen LogP contribution is 2.38. The largest absolute Gasteiger partial charge is 0.452 e. The number of thiophene rings is 1. The predicted octanol–water partition coefficient (Wildman–Crippen LogP) is 4.44. The minimum absolute atomic E-state index is 0.101. The van der Waals surface area contributed by atoms with E-state index in [4.69, 9.17) is 9.26 Å². The number of nitrogens with one attached hydrogen (secondary N) is 1. The van der Waals surface area contributed by atoms with Crippen molar-refractivity contribution < 1.29 is 23.2 Å². The summed E-state index contributed by atoms with van der Waals surface area (Å²) in [4.78, 5) is 29.6. The molecular formula is C21H20FN3O4S. The summed E-state index contributed by atoms with van der Waals surface area (Å²) in [6.07, 6.45) is 3.72. The Balaban J connectivity index is 1.50. The van der Waals surface area contributed by atoms with Crippen molar-refractivity contribution in [1.29, 1.82) is 0 Å². The lowest BCUT2D eigenvalue weighted by atomic mass is 9.95. The van der Waals surface area contributed by atoms with Crippen LogP contribution in [0.5, 0.6) is 0 Å². The number of ether oxygens (including phenoxy) is 1. The van der Waals surface area contributed by atoms with E-state index in [0.717, 1.165) is 36.1 Å². The minimum Gasteiger partial charge on any atom is -0.452 e. The zero-order valence-electron chi connectivity index (χ0n) is 16.6. The van der Waals surface area contributed by atoms with Crippen molar-refractivity contribution in [3.05, 3.63) is 51.5 Å². The number of halogens is 1. The molecule has 1 N–H and O–H groups in total. The third-order valence-electron chi connectivity index (χ3n) is 4.89. The number of hydrogen-bond acceptors (Lipinski definition) is 7. The SMILES string of the molecule is CC(=O)Nc1sc2c(c1C(=O)OCc1nc(-c3ccc(C)c(F)c3)no1)CCCC2. The van der Waals surface area contributed by atoms with Crippen molar-refractivity contribution >= 4 is 28.2 Å². The first-order valence-electron chi connectivity index (χ1n) is 9.60. The second-order valence-corrected chi connectivity index (χ2v) is 8.25. The van der Waals surface area contributed by atoms with Crippen molar-refractivity contribution in [1.82, 2.24) is 10.1 Å². The van der Waals surface area contributed by atoms with Crippen LogP contribution in [0.15, 0.2) is 22.7 Å². The summed E-state index contributed by atoms with van der Waals surface area (Å²) < 4.78 is 24.3. The van der Waals surface area contributed by atoms with Crippen LogP contribution in [-0.4, -0.2) is 22.0 Å². The molecule has 1 amide bonds. The molecule has 0 bridgehead atoms. The molecular weight excluding hydrogens is 409 g/mol. The van der Waals surface area contributed by atoms with Gasteiger partial charge < -0.3 is 14.6 Å². The Morgan fingerprint density at radius 3 is 2.87 bits per heavy atom. The van der Waals surface area contributed by atoms with Crippen LogP contribution in [-0.2, 0) is 29.0 Å². The fourth-order valence-corrected chi connectivity index (χ4v) is 4.72. The third kappa shape index (κ3) is 4.11. The van der Waals surface area contributed by atoms with E-state index in [9.17, 15) is 14.0 Å². The molecule has 0 spiro atoms. The highest BCUT2D eigenvalue weighted by molar-refractivity contribution is 7.17. The summed E-state index contributed by atoms with van der Waals surface area (Å²) in [5.41, 5.74) is 2.34. The molecule has 30 heavy (non-hydrogen) atoms. The highest BCUT2D eigenvalue weighted by Gasteiger charge is 2.27. The molecule has 0 aliphatic heterocycles. The Bertz CT molecular complexity index is 1120. The lowest BCUT2D eigenvalue weighted by Crippen LogP contribution is -2.13. The fourth-order valence-electron chi connectivity index (χ4n) is 3.39. The first-order chi connectivity index (χ1) is 14.4. The standard InChI is InChI=1S/C21H20FN3O4S/c1-11-7-8-13(9-15(11)22)19-24-17(29-25-19)10-28-21(27)18-14-5-3-4-6-16(14)30-20(18)23-12(2)26/h7-9H,3-6,10H2,1-2H3,(H,23,26). The van der Waals surface area contributed by atoms with E-state index in [-0.39, 0.29) is 30.0 Å². The molecule has 0 unspecified atom stereocenters. The van der Waals surface area contributed by atoms with Crippen molar-refractivity contribution in [3.8, 4) is 11.4 Å². The quantitative estimate of drug-likeness (QED) is 0.603. The van der Waals surface area contributed by atoms with Crippen molar-refractivity contribution in [2.75, 3.05) is 5.32 Å². The summed E-state index contributed by atoms with van der Waals surface area (Å²) >= 11 is 1.42. The van der Waals surface area contributed by atoms with E-state index < -0.39 is 5.97 Å². The number of benzene rings is 1. The normalized spacial score (nSPS) is 13.0. The van der Waals surface area contributed by atoms with E-state index in [1.165, 1.54) is 24.3 Å². The van der Waals surface area contributed by atoms with Gasteiger partial charge in [-0.05, 0) is 49.8 Å². The number of aromatic nitrogens is 2. The maximum Gasteiger partial charge on any atom is 0.341 e. The molecule has 7 nitrogen and oxygen atoms in total. The molecule has 1 aliphatic rings. The summed E-state index contributed by atoms with van der Waals surface area (Å²) in [7, 11) is 0. The number of aryl methyl sites for hydroxylation is 2. The lowest BCUT2D eigenvalue weighted by molar-refractivity contribution is -0.114. The van der Waals surface area contributed by atoms with Gasteiger partial charge in [-0.3, -0.25) is 4.79 Å². The van der Waals surface area contributed by atoms with Crippen LogP contribution in [0, 0.1) is 12.7 Å². The van der Waals surface area contributed by atoms with Crippen LogP contribution in [0.4, 0.5) is 9.39 Å². The topological polar surface area (TPSA) is 94.3 Å². The number of carbonyl (C=O) groups is 2. The first-order valence-corrected chi connectivity index (χ1v) is 10.4. The van der Waals surface area contributed by atoms with Gasteiger partial charge in [0, 0.05) is 17.4 Å². The van der Waals surface area contributed by atoms with Gasteiger partial charge in [0.15, 0.2) is 6.61 Å². The van der Waals surface area contributed by atoms with Crippen LogP contribution in [0.1, 0.15) is 52.0 Å². The van der Waals surface area contributed by atoms with Crippen molar-refractivity contribution in [2.45, 2.75) is 46.1 Å². The van der Waals surface area contributed by atoms with E-state index in [1.54, 1.807) is 19.1 Å². The zero-order valence-corrected chi connectivity index (χ0v) is 17.4. The van der Waals surface area contributed by atoms with Gasteiger partial charge >= 0.3 is 5.97 Å². The molecule has 1 aliphatic carbocycles. The molecule has 0 saturated heterocycles. The third-order valence-corrected chi connectivity index (χ3v) is 6.10. The maximum absolute atomic E-state index is 13.8. The molecule has 1 aromatic carbocycles. The lowest BCUT2D eigenvalue weighted by Gasteiger charge is -2.12. The Hall–Kier alpha value is -3.07. The number of carbonyl (C=O) groups excluding carboxylic acids is 2. The minimum atomic E-state index is -0.542. The molecule has 2 aromatic heterocycles. The van der Waals surface area contributed by atoms with Gasteiger partial charge in [-0.2, -0.15) is 4.98 Å². The fraction of sp³-hybridized carbons (Fsp3) is 0.333.